The van der Waals surface area contributed by atoms with Gasteiger partial charge in [-0.3, -0.25) is 9.59 Å². The molecule has 0 saturated heterocycles. The standard InChI is InChI=1S/C15H20ClN3O2.ClH/c1-10-2-5-13(12(16)6-10)19-15(21)9-18-14(20)8-17-7-11-3-4-11;/h2,5-6,11,17H,3-4,7-9H2,1H3,(H,18,20)(H,19,21);1H. The van der Waals surface area contributed by atoms with E-state index in [2.05, 4.69) is 16.0 Å². The van der Waals surface area contributed by atoms with Crippen LogP contribution in [-0.4, -0.2) is 31.4 Å². The molecule has 122 valence electrons. The minimum atomic E-state index is -0.295. The second-order valence-corrected chi connectivity index (χ2v) is 5.79. The van der Waals surface area contributed by atoms with E-state index in [9.17, 15) is 9.59 Å². The summed E-state index contributed by atoms with van der Waals surface area (Å²) in [6, 6.07) is 5.38. The molecule has 0 bridgehead atoms. The van der Waals surface area contributed by atoms with E-state index < -0.39 is 0 Å². The van der Waals surface area contributed by atoms with Crippen molar-refractivity contribution in [3.63, 3.8) is 0 Å². The highest BCUT2D eigenvalue weighted by atomic mass is 35.5. The van der Waals surface area contributed by atoms with Crippen LogP contribution in [0.25, 0.3) is 0 Å². The van der Waals surface area contributed by atoms with Crippen LogP contribution in [-0.2, 0) is 9.59 Å². The molecule has 1 aliphatic carbocycles. The van der Waals surface area contributed by atoms with Crippen LogP contribution in [0.3, 0.4) is 0 Å². The normalized spacial score (nSPS) is 13.2. The minimum absolute atomic E-state index is 0. The number of nitrogens with one attached hydrogen (secondary N) is 3. The van der Waals surface area contributed by atoms with Gasteiger partial charge in [-0.1, -0.05) is 17.7 Å². The number of carbonyl (C=O) groups excluding carboxylic acids is 2. The Labute approximate surface area is 141 Å². The first-order chi connectivity index (χ1) is 10.0. The monoisotopic (exact) mass is 345 g/mol. The van der Waals surface area contributed by atoms with Gasteiger partial charge >= 0.3 is 0 Å². The van der Waals surface area contributed by atoms with Crippen molar-refractivity contribution < 1.29 is 9.59 Å². The van der Waals surface area contributed by atoms with Crippen molar-refractivity contribution in [1.82, 2.24) is 10.6 Å². The largest absolute Gasteiger partial charge is 0.346 e. The van der Waals surface area contributed by atoms with Gasteiger partial charge in [0.25, 0.3) is 0 Å². The van der Waals surface area contributed by atoms with E-state index in [4.69, 9.17) is 11.6 Å². The van der Waals surface area contributed by atoms with E-state index in [1.54, 1.807) is 12.1 Å². The van der Waals surface area contributed by atoms with Crippen LogP contribution in [0.1, 0.15) is 18.4 Å². The molecule has 0 heterocycles. The summed E-state index contributed by atoms with van der Waals surface area (Å²) >= 11 is 6.03. The molecule has 0 aliphatic heterocycles. The molecule has 1 fully saturated rings. The predicted molar refractivity (Wildman–Crippen MR) is 90.7 cm³/mol. The van der Waals surface area contributed by atoms with Crippen LogP contribution in [0.15, 0.2) is 18.2 Å². The molecule has 0 atom stereocenters. The van der Waals surface area contributed by atoms with Crippen molar-refractivity contribution in [3.05, 3.63) is 28.8 Å². The molecule has 22 heavy (non-hydrogen) atoms. The van der Waals surface area contributed by atoms with Crippen molar-refractivity contribution in [2.45, 2.75) is 19.8 Å². The Hall–Kier alpha value is -1.30. The molecule has 0 unspecified atom stereocenters. The molecule has 3 N–H and O–H groups in total. The van der Waals surface area contributed by atoms with Crippen molar-refractivity contribution >= 4 is 41.5 Å². The smallest absolute Gasteiger partial charge is 0.243 e. The third-order valence-electron chi connectivity index (χ3n) is 3.26. The molecule has 0 aromatic heterocycles. The molecule has 1 aromatic carbocycles. The number of rotatable bonds is 7. The topological polar surface area (TPSA) is 70.2 Å². The maximum atomic E-state index is 11.7. The van der Waals surface area contributed by atoms with Crippen LogP contribution in [0.4, 0.5) is 5.69 Å². The average Bonchev–Trinajstić information content (AvgIpc) is 3.24. The summed E-state index contributed by atoms with van der Waals surface area (Å²) in [5, 5.41) is 8.80. The summed E-state index contributed by atoms with van der Waals surface area (Å²) < 4.78 is 0. The minimum Gasteiger partial charge on any atom is -0.346 e. The van der Waals surface area contributed by atoms with Gasteiger partial charge in [0.05, 0.1) is 23.8 Å². The molecule has 0 spiro atoms. The predicted octanol–water partition coefficient (Wildman–Crippen LogP) is 2.12. The quantitative estimate of drug-likeness (QED) is 0.708. The first-order valence-corrected chi connectivity index (χ1v) is 7.46. The zero-order valence-electron chi connectivity index (χ0n) is 12.4. The van der Waals surface area contributed by atoms with Gasteiger partial charge in [0, 0.05) is 0 Å². The zero-order chi connectivity index (χ0) is 15.2. The molecule has 2 amide bonds. The van der Waals surface area contributed by atoms with E-state index >= 15 is 0 Å². The number of amides is 2. The van der Waals surface area contributed by atoms with Gasteiger partial charge < -0.3 is 16.0 Å². The van der Waals surface area contributed by atoms with Gasteiger partial charge in [-0.2, -0.15) is 0 Å². The molecule has 0 radical (unpaired) electrons. The fraction of sp³-hybridized carbons (Fsp3) is 0.467. The number of benzene rings is 1. The highest BCUT2D eigenvalue weighted by Crippen LogP contribution is 2.27. The lowest BCUT2D eigenvalue weighted by Crippen LogP contribution is -2.39. The lowest BCUT2D eigenvalue weighted by Gasteiger charge is -2.09. The van der Waals surface area contributed by atoms with Crippen molar-refractivity contribution in [2.75, 3.05) is 25.0 Å². The summed E-state index contributed by atoms with van der Waals surface area (Å²) in [7, 11) is 0. The first-order valence-electron chi connectivity index (χ1n) is 7.08. The fourth-order valence-electron chi connectivity index (χ4n) is 1.87. The molecular formula is C15H21Cl2N3O2. The van der Waals surface area contributed by atoms with E-state index in [1.807, 2.05) is 13.0 Å². The van der Waals surface area contributed by atoms with Crippen LogP contribution < -0.4 is 16.0 Å². The summed E-state index contributed by atoms with van der Waals surface area (Å²) in [6.45, 7) is 2.98. The maximum Gasteiger partial charge on any atom is 0.243 e. The Bertz CT molecular complexity index is 534. The molecule has 1 saturated carbocycles. The molecule has 1 aromatic rings. The van der Waals surface area contributed by atoms with E-state index in [1.165, 1.54) is 12.8 Å². The SMILES string of the molecule is Cc1ccc(NC(=O)CNC(=O)CNCC2CC2)c(Cl)c1.Cl. The summed E-state index contributed by atoms with van der Waals surface area (Å²) in [4.78, 5) is 23.3. The third kappa shape index (κ3) is 6.64. The third-order valence-corrected chi connectivity index (χ3v) is 3.57. The maximum absolute atomic E-state index is 11.7. The second kappa shape index (κ2) is 8.98. The van der Waals surface area contributed by atoms with E-state index in [0.29, 0.717) is 10.7 Å². The molecule has 1 aliphatic rings. The van der Waals surface area contributed by atoms with Gasteiger partial charge in [-0.25, -0.2) is 0 Å². The summed E-state index contributed by atoms with van der Waals surface area (Å²) in [6.07, 6.45) is 2.49. The van der Waals surface area contributed by atoms with Gasteiger partial charge in [0.2, 0.25) is 11.8 Å². The zero-order valence-corrected chi connectivity index (χ0v) is 14.0. The van der Waals surface area contributed by atoms with Crippen LogP contribution in [0.2, 0.25) is 5.02 Å². The second-order valence-electron chi connectivity index (χ2n) is 5.38. The van der Waals surface area contributed by atoms with Crippen molar-refractivity contribution in [1.29, 1.82) is 0 Å². The van der Waals surface area contributed by atoms with Crippen LogP contribution >= 0.6 is 24.0 Å². The van der Waals surface area contributed by atoms with E-state index in [-0.39, 0.29) is 37.3 Å². The number of hydrogen-bond acceptors (Lipinski definition) is 3. The highest BCUT2D eigenvalue weighted by Gasteiger charge is 2.20. The number of halogens is 2. The Balaban J connectivity index is 0.00000242. The lowest BCUT2D eigenvalue weighted by atomic mass is 10.2. The van der Waals surface area contributed by atoms with Gasteiger partial charge in [-0.05, 0) is 49.9 Å². The Morgan fingerprint density at radius 1 is 1.23 bits per heavy atom. The lowest BCUT2D eigenvalue weighted by molar-refractivity contribution is -0.123. The van der Waals surface area contributed by atoms with Crippen molar-refractivity contribution in [3.8, 4) is 0 Å². The number of carbonyl (C=O) groups is 2. The summed E-state index contributed by atoms with van der Waals surface area (Å²) in [5.74, 6) is 0.252. The van der Waals surface area contributed by atoms with Gasteiger partial charge in [0.15, 0.2) is 0 Å². The van der Waals surface area contributed by atoms with Crippen LogP contribution in [0, 0.1) is 12.8 Å². The fourth-order valence-corrected chi connectivity index (χ4v) is 2.15. The molecular weight excluding hydrogens is 325 g/mol. The van der Waals surface area contributed by atoms with E-state index in [0.717, 1.165) is 18.0 Å². The molecule has 7 heteroatoms. The Kier molecular flexibility index (Phi) is 7.65. The number of aryl methyl sites for hydroxylation is 1. The molecule has 2 rings (SSSR count). The first kappa shape index (κ1) is 18.7. The van der Waals surface area contributed by atoms with Gasteiger partial charge in [-0.15, -0.1) is 12.4 Å². The molecule has 5 nitrogen and oxygen atoms in total. The summed E-state index contributed by atoms with van der Waals surface area (Å²) in [5.41, 5.74) is 1.57. The number of anilines is 1. The Morgan fingerprint density at radius 2 is 1.95 bits per heavy atom. The highest BCUT2D eigenvalue weighted by molar-refractivity contribution is 6.33. The van der Waals surface area contributed by atoms with Crippen molar-refractivity contribution in [2.24, 2.45) is 5.92 Å². The average molecular weight is 346 g/mol. The van der Waals surface area contributed by atoms with Crippen LogP contribution in [0.5, 0.6) is 0 Å². The Morgan fingerprint density at radius 3 is 2.59 bits per heavy atom. The van der Waals surface area contributed by atoms with Gasteiger partial charge in [0.1, 0.15) is 0 Å². The number of hydrogen-bond donors (Lipinski definition) is 3.